The van der Waals surface area contributed by atoms with Crippen molar-refractivity contribution in [1.82, 2.24) is 0 Å². The van der Waals surface area contributed by atoms with Gasteiger partial charge in [0.05, 0.1) is 4.92 Å². The van der Waals surface area contributed by atoms with Gasteiger partial charge >= 0.3 is 0 Å². The zero-order valence-corrected chi connectivity index (χ0v) is 12.4. The van der Waals surface area contributed by atoms with E-state index in [2.05, 4.69) is 21.2 Å². The van der Waals surface area contributed by atoms with Gasteiger partial charge in [0, 0.05) is 33.4 Å². The van der Waals surface area contributed by atoms with Gasteiger partial charge < -0.3 is 5.32 Å². The summed E-state index contributed by atoms with van der Waals surface area (Å²) in [6, 6.07) is 8.67. The third kappa shape index (κ3) is 3.68. The molecule has 0 spiro atoms. The number of hydrogen-bond acceptors (Lipinski definition) is 3. The quantitative estimate of drug-likeness (QED) is 0.632. The molecular weight excluding hydrogens is 351 g/mol. The topological polar surface area (TPSA) is 55.2 Å². The first kappa shape index (κ1) is 14.7. The summed E-state index contributed by atoms with van der Waals surface area (Å²) in [4.78, 5) is 10.5. The average molecular weight is 360 g/mol. The van der Waals surface area contributed by atoms with Gasteiger partial charge in [-0.15, -0.1) is 0 Å². The van der Waals surface area contributed by atoms with Crippen molar-refractivity contribution in [3.63, 3.8) is 0 Å². The zero-order chi connectivity index (χ0) is 14.7. The van der Waals surface area contributed by atoms with Crippen molar-refractivity contribution < 1.29 is 9.31 Å². The number of anilines is 1. The molecule has 7 heteroatoms. The molecule has 0 aromatic heterocycles. The number of nitro benzene ring substituents is 1. The van der Waals surface area contributed by atoms with E-state index < -0.39 is 10.7 Å². The van der Waals surface area contributed by atoms with Crippen LogP contribution in [0.1, 0.15) is 5.56 Å². The third-order valence-corrected chi connectivity index (χ3v) is 3.30. The number of nitrogens with zero attached hydrogens (tertiary/aromatic N) is 1. The molecule has 104 valence electrons. The Balaban J connectivity index is 2.22. The Kier molecular flexibility index (Phi) is 4.57. The van der Waals surface area contributed by atoms with E-state index in [4.69, 9.17) is 11.6 Å². The summed E-state index contributed by atoms with van der Waals surface area (Å²) in [6.07, 6.45) is 0. The Morgan fingerprint density at radius 3 is 2.70 bits per heavy atom. The van der Waals surface area contributed by atoms with Crippen molar-refractivity contribution in [2.24, 2.45) is 0 Å². The van der Waals surface area contributed by atoms with Crippen molar-refractivity contribution in [1.29, 1.82) is 0 Å². The first-order valence-electron chi connectivity index (χ1n) is 5.58. The van der Waals surface area contributed by atoms with Crippen LogP contribution in [0.25, 0.3) is 0 Å². The molecule has 0 aliphatic carbocycles. The fourth-order valence-electron chi connectivity index (χ4n) is 1.73. The minimum Gasteiger partial charge on any atom is -0.381 e. The van der Waals surface area contributed by atoms with Gasteiger partial charge in [-0.25, -0.2) is 4.39 Å². The highest BCUT2D eigenvalue weighted by Crippen LogP contribution is 2.25. The molecule has 0 aliphatic rings. The summed E-state index contributed by atoms with van der Waals surface area (Å²) >= 11 is 9.01. The van der Waals surface area contributed by atoms with Crippen molar-refractivity contribution in [2.45, 2.75) is 6.54 Å². The van der Waals surface area contributed by atoms with E-state index in [1.54, 1.807) is 18.2 Å². The maximum atomic E-state index is 13.2. The smallest absolute Gasteiger partial charge is 0.274 e. The lowest BCUT2D eigenvalue weighted by atomic mass is 10.1. The van der Waals surface area contributed by atoms with E-state index in [1.807, 2.05) is 0 Å². The van der Waals surface area contributed by atoms with Crippen molar-refractivity contribution in [3.05, 3.63) is 67.4 Å². The van der Waals surface area contributed by atoms with Gasteiger partial charge in [-0.2, -0.15) is 0 Å². The van der Waals surface area contributed by atoms with E-state index in [0.29, 0.717) is 11.3 Å². The number of hydrogen-bond donors (Lipinski definition) is 1. The molecule has 0 fully saturated rings. The molecule has 2 aromatic rings. The van der Waals surface area contributed by atoms with Crippen LogP contribution in [-0.4, -0.2) is 4.92 Å². The molecule has 4 nitrogen and oxygen atoms in total. The Morgan fingerprint density at radius 2 is 2.05 bits per heavy atom. The molecule has 0 saturated heterocycles. The third-order valence-electron chi connectivity index (χ3n) is 2.58. The maximum Gasteiger partial charge on any atom is 0.274 e. The predicted molar refractivity (Wildman–Crippen MR) is 79.5 cm³/mol. The molecule has 0 saturated carbocycles. The molecule has 2 rings (SSSR count). The summed E-state index contributed by atoms with van der Waals surface area (Å²) in [5.74, 6) is -0.469. The van der Waals surface area contributed by atoms with E-state index >= 15 is 0 Å². The van der Waals surface area contributed by atoms with E-state index in [1.165, 1.54) is 18.2 Å². The van der Waals surface area contributed by atoms with E-state index in [0.717, 1.165) is 4.47 Å². The SMILES string of the molecule is O=[N+]([O-])c1ccc(Br)cc1CNc1cc(F)cc(Cl)c1. The second-order valence-electron chi connectivity index (χ2n) is 4.04. The monoisotopic (exact) mass is 358 g/mol. The molecule has 20 heavy (non-hydrogen) atoms. The van der Waals surface area contributed by atoms with Gasteiger partial charge in [0.25, 0.3) is 5.69 Å². The van der Waals surface area contributed by atoms with Crippen LogP contribution in [-0.2, 0) is 6.54 Å². The van der Waals surface area contributed by atoms with Crippen LogP contribution in [0, 0.1) is 15.9 Å². The van der Waals surface area contributed by atoms with E-state index in [9.17, 15) is 14.5 Å². The van der Waals surface area contributed by atoms with E-state index in [-0.39, 0.29) is 17.3 Å². The molecule has 0 aliphatic heterocycles. The average Bonchev–Trinajstić information content (AvgIpc) is 2.35. The fourth-order valence-corrected chi connectivity index (χ4v) is 2.36. The van der Waals surface area contributed by atoms with Crippen molar-refractivity contribution in [3.8, 4) is 0 Å². The molecule has 0 amide bonds. The summed E-state index contributed by atoms with van der Waals surface area (Å²) in [5, 5.41) is 14.1. The summed E-state index contributed by atoms with van der Waals surface area (Å²) in [7, 11) is 0. The molecule has 0 radical (unpaired) electrons. The summed E-state index contributed by atoms with van der Waals surface area (Å²) in [5.41, 5.74) is 0.956. The Morgan fingerprint density at radius 1 is 1.30 bits per heavy atom. The van der Waals surface area contributed by atoms with Gasteiger partial charge in [0.15, 0.2) is 0 Å². The molecule has 0 heterocycles. The molecule has 1 N–H and O–H groups in total. The minimum absolute atomic E-state index is 0.00296. The number of benzene rings is 2. The number of nitro groups is 1. The highest BCUT2D eigenvalue weighted by Gasteiger charge is 2.13. The lowest BCUT2D eigenvalue weighted by Crippen LogP contribution is -2.03. The number of nitrogens with one attached hydrogen (secondary N) is 1. The molecule has 0 unspecified atom stereocenters. The molecule has 2 aromatic carbocycles. The Labute approximate surface area is 127 Å². The summed E-state index contributed by atoms with van der Waals surface area (Å²) in [6.45, 7) is 0.190. The van der Waals surface area contributed by atoms with Gasteiger partial charge in [-0.05, 0) is 30.3 Å². The fraction of sp³-hybridized carbons (Fsp3) is 0.0769. The van der Waals surface area contributed by atoms with Crippen LogP contribution < -0.4 is 5.32 Å². The van der Waals surface area contributed by atoms with Gasteiger partial charge in [0.1, 0.15) is 5.82 Å². The van der Waals surface area contributed by atoms with Crippen molar-refractivity contribution >= 4 is 38.9 Å². The number of halogens is 3. The second kappa shape index (κ2) is 6.19. The normalized spacial score (nSPS) is 10.3. The first-order valence-corrected chi connectivity index (χ1v) is 6.75. The standard InChI is InChI=1S/C13H9BrClFN2O2/c14-9-1-2-13(18(19)20)8(3-9)7-17-12-5-10(15)4-11(16)6-12/h1-6,17H,7H2. The van der Waals surface area contributed by atoms with Crippen LogP contribution in [0.2, 0.25) is 5.02 Å². The maximum absolute atomic E-state index is 13.2. The van der Waals surface area contributed by atoms with Crippen LogP contribution in [0.15, 0.2) is 40.9 Å². The highest BCUT2D eigenvalue weighted by molar-refractivity contribution is 9.10. The minimum atomic E-state index is -0.469. The van der Waals surface area contributed by atoms with Gasteiger partial charge in [-0.1, -0.05) is 27.5 Å². The Bertz CT molecular complexity index is 647. The zero-order valence-electron chi connectivity index (χ0n) is 10.1. The summed E-state index contributed by atoms with van der Waals surface area (Å²) < 4.78 is 13.9. The Hall–Kier alpha value is -1.66. The lowest BCUT2D eigenvalue weighted by molar-refractivity contribution is -0.385. The van der Waals surface area contributed by atoms with Crippen LogP contribution in [0.4, 0.5) is 15.8 Å². The van der Waals surface area contributed by atoms with Gasteiger partial charge in [-0.3, -0.25) is 10.1 Å². The van der Waals surface area contributed by atoms with Crippen molar-refractivity contribution in [2.75, 3.05) is 5.32 Å². The first-order chi connectivity index (χ1) is 9.45. The molecular formula is C13H9BrClFN2O2. The van der Waals surface area contributed by atoms with Gasteiger partial charge in [0.2, 0.25) is 0 Å². The second-order valence-corrected chi connectivity index (χ2v) is 5.39. The van der Waals surface area contributed by atoms with Crippen LogP contribution in [0.5, 0.6) is 0 Å². The molecule has 0 bridgehead atoms. The lowest BCUT2D eigenvalue weighted by Gasteiger charge is -2.08. The molecule has 0 atom stereocenters. The van der Waals surface area contributed by atoms with Crippen LogP contribution >= 0.6 is 27.5 Å². The highest BCUT2D eigenvalue weighted by atomic mass is 79.9. The van der Waals surface area contributed by atoms with Crippen LogP contribution in [0.3, 0.4) is 0 Å². The number of rotatable bonds is 4. The predicted octanol–water partition coefficient (Wildman–Crippen LogP) is 4.76. The largest absolute Gasteiger partial charge is 0.381 e.